The van der Waals surface area contributed by atoms with Crippen molar-refractivity contribution in [3.63, 3.8) is 0 Å². The second kappa shape index (κ2) is 4.71. The fourth-order valence-electron chi connectivity index (χ4n) is 2.81. The number of sulfone groups is 1. The lowest BCUT2D eigenvalue weighted by atomic mass is 10.1. The van der Waals surface area contributed by atoms with Crippen molar-refractivity contribution in [3.05, 3.63) is 34.2 Å². The molecule has 0 amide bonds. The van der Waals surface area contributed by atoms with Crippen molar-refractivity contribution in [2.75, 3.05) is 19.6 Å². The van der Waals surface area contributed by atoms with E-state index in [0.717, 1.165) is 25.9 Å². The van der Waals surface area contributed by atoms with Crippen molar-refractivity contribution in [2.45, 2.75) is 17.7 Å². The fourth-order valence-corrected chi connectivity index (χ4v) is 4.59. The Kier molecular flexibility index (Phi) is 3.14. The fraction of sp³-hybridized carbons (Fsp3) is 0.357. The van der Waals surface area contributed by atoms with Gasteiger partial charge in [-0.1, -0.05) is 12.1 Å². The summed E-state index contributed by atoms with van der Waals surface area (Å²) in [5.41, 5.74) is 0.342. The maximum absolute atomic E-state index is 12.5. The molecule has 1 saturated heterocycles. The third-order valence-electron chi connectivity index (χ3n) is 3.78. The van der Waals surface area contributed by atoms with Crippen molar-refractivity contribution in [3.8, 4) is 0 Å². The zero-order valence-electron chi connectivity index (χ0n) is 10.9. The summed E-state index contributed by atoms with van der Waals surface area (Å²) >= 11 is 0. The summed E-state index contributed by atoms with van der Waals surface area (Å²) in [7, 11) is -3.67. The lowest BCUT2D eigenvalue weighted by molar-refractivity contribution is 0.0692. The molecule has 6 heteroatoms. The number of carbonyl (C=O) groups is 1. The standard InChI is InChI=1S/C14H15NO4S/c16-14(17)12-5-3-4-10-8-11(20(18,19)13(10)12)9-15-6-1-2-7-15/h3-5,8H,1-2,6-7,9H2,(H,16,17). The molecule has 106 valence electrons. The van der Waals surface area contributed by atoms with Crippen LogP contribution in [0.2, 0.25) is 0 Å². The second-order valence-electron chi connectivity index (χ2n) is 5.13. The van der Waals surface area contributed by atoms with Gasteiger partial charge in [0.2, 0.25) is 9.84 Å². The number of rotatable bonds is 3. The minimum absolute atomic E-state index is 0.0540. The maximum Gasteiger partial charge on any atom is 0.337 e. The Morgan fingerprint density at radius 1 is 1.25 bits per heavy atom. The van der Waals surface area contributed by atoms with Crippen LogP contribution in [-0.4, -0.2) is 44.0 Å². The first-order valence-electron chi connectivity index (χ1n) is 6.54. The molecular formula is C14H15NO4S. The van der Waals surface area contributed by atoms with Gasteiger partial charge in [-0.15, -0.1) is 0 Å². The highest BCUT2D eigenvalue weighted by molar-refractivity contribution is 7.96. The van der Waals surface area contributed by atoms with E-state index >= 15 is 0 Å². The summed E-state index contributed by atoms with van der Waals surface area (Å²) in [6, 6.07) is 4.56. The molecule has 0 spiro atoms. The van der Waals surface area contributed by atoms with E-state index in [4.69, 9.17) is 5.11 Å². The first-order valence-corrected chi connectivity index (χ1v) is 8.03. The van der Waals surface area contributed by atoms with Gasteiger partial charge >= 0.3 is 5.97 Å². The molecule has 0 bridgehead atoms. The zero-order chi connectivity index (χ0) is 14.3. The second-order valence-corrected chi connectivity index (χ2v) is 7.07. The van der Waals surface area contributed by atoms with Gasteiger partial charge in [0.15, 0.2) is 0 Å². The number of carboxylic acids is 1. The molecule has 0 saturated carbocycles. The monoisotopic (exact) mass is 293 g/mol. The maximum atomic E-state index is 12.5. The third kappa shape index (κ3) is 2.05. The first kappa shape index (κ1) is 13.3. The van der Waals surface area contributed by atoms with Gasteiger partial charge in [-0.05, 0) is 43.6 Å². The Bertz CT molecular complexity index is 700. The Morgan fingerprint density at radius 2 is 1.95 bits per heavy atom. The summed E-state index contributed by atoms with van der Waals surface area (Å²) in [4.78, 5) is 13.5. The summed E-state index contributed by atoms with van der Waals surface area (Å²) in [6.07, 6.45) is 3.77. The molecule has 1 N–H and O–H groups in total. The van der Waals surface area contributed by atoms with Crippen molar-refractivity contribution >= 4 is 21.9 Å². The molecule has 0 unspecified atom stereocenters. The molecule has 2 aliphatic heterocycles. The van der Waals surface area contributed by atoms with Gasteiger partial charge in [-0.3, -0.25) is 4.90 Å². The van der Waals surface area contributed by atoms with Crippen LogP contribution in [0.25, 0.3) is 6.08 Å². The predicted octanol–water partition coefficient (Wildman–Crippen LogP) is 1.61. The molecule has 2 heterocycles. The van der Waals surface area contributed by atoms with Crippen molar-refractivity contribution in [1.82, 2.24) is 4.90 Å². The van der Waals surface area contributed by atoms with Gasteiger partial charge < -0.3 is 5.11 Å². The van der Waals surface area contributed by atoms with Crippen LogP contribution in [0, 0.1) is 0 Å². The normalized spacial score (nSPS) is 20.7. The summed E-state index contributed by atoms with van der Waals surface area (Å²) < 4.78 is 25.1. The molecule has 3 rings (SSSR count). The van der Waals surface area contributed by atoms with E-state index in [2.05, 4.69) is 4.90 Å². The number of carboxylic acid groups (broad SMARTS) is 1. The van der Waals surface area contributed by atoms with E-state index in [1.165, 1.54) is 6.07 Å². The number of benzene rings is 1. The number of hydrogen-bond donors (Lipinski definition) is 1. The van der Waals surface area contributed by atoms with Crippen LogP contribution in [0.3, 0.4) is 0 Å². The van der Waals surface area contributed by atoms with Crippen LogP contribution in [-0.2, 0) is 9.84 Å². The Labute approximate surface area is 117 Å². The minimum Gasteiger partial charge on any atom is -0.478 e. The van der Waals surface area contributed by atoms with Crippen LogP contribution in [0.5, 0.6) is 0 Å². The molecule has 0 aliphatic carbocycles. The molecule has 0 atom stereocenters. The quantitative estimate of drug-likeness (QED) is 0.916. The highest BCUT2D eigenvalue weighted by atomic mass is 32.2. The molecular weight excluding hydrogens is 278 g/mol. The smallest absolute Gasteiger partial charge is 0.337 e. The van der Waals surface area contributed by atoms with Crippen LogP contribution >= 0.6 is 0 Å². The van der Waals surface area contributed by atoms with Crippen LogP contribution < -0.4 is 0 Å². The van der Waals surface area contributed by atoms with Crippen molar-refractivity contribution in [1.29, 1.82) is 0 Å². The van der Waals surface area contributed by atoms with E-state index in [1.807, 2.05) is 0 Å². The van der Waals surface area contributed by atoms with Gasteiger partial charge in [0, 0.05) is 6.54 Å². The Balaban J connectivity index is 2.01. The van der Waals surface area contributed by atoms with Gasteiger partial charge in [0.05, 0.1) is 15.4 Å². The average molecular weight is 293 g/mol. The third-order valence-corrected chi connectivity index (χ3v) is 5.71. The molecule has 0 radical (unpaired) electrons. The summed E-state index contributed by atoms with van der Waals surface area (Å²) in [6.45, 7) is 2.17. The topological polar surface area (TPSA) is 74.7 Å². The largest absolute Gasteiger partial charge is 0.478 e. The van der Waals surface area contributed by atoms with Crippen molar-refractivity contribution < 1.29 is 18.3 Å². The van der Waals surface area contributed by atoms with Crippen LogP contribution in [0.1, 0.15) is 28.8 Å². The summed E-state index contributed by atoms with van der Waals surface area (Å²) in [5, 5.41) is 9.15. The van der Waals surface area contributed by atoms with Gasteiger partial charge in [0.1, 0.15) is 0 Å². The minimum atomic E-state index is -3.67. The van der Waals surface area contributed by atoms with Gasteiger partial charge in [-0.25, -0.2) is 13.2 Å². The lowest BCUT2D eigenvalue weighted by Crippen LogP contribution is -2.24. The number of fused-ring (bicyclic) bond motifs is 1. The first-order chi connectivity index (χ1) is 9.50. The van der Waals surface area contributed by atoms with Crippen LogP contribution in [0.15, 0.2) is 28.0 Å². The molecule has 2 aliphatic rings. The Hall–Kier alpha value is -1.66. The van der Waals surface area contributed by atoms with Gasteiger partial charge in [0.25, 0.3) is 0 Å². The Morgan fingerprint density at radius 3 is 2.60 bits per heavy atom. The number of aromatic carboxylic acids is 1. The number of likely N-dealkylation sites (tertiary alicyclic amines) is 1. The number of nitrogens with zero attached hydrogens (tertiary/aromatic N) is 1. The van der Waals surface area contributed by atoms with E-state index < -0.39 is 15.8 Å². The SMILES string of the molecule is O=C(O)c1cccc2c1S(=O)(=O)C(CN1CCCC1)=C2. The zero-order valence-corrected chi connectivity index (χ0v) is 11.7. The molecule has 1 aromatic carbocycles. The molecule has 1 aromatic rings. The molecule has 0 aromatic heterocycles. The van der Waals surface area contributed by atoms with E-state index in [0.29, 0.717) is 17.0 Å². The highest BCUT2D eigenvalue weighted by Gasteiger charge is 2.34. The predicted molar refractivity (Wildman–Crippen MR) is 74.2 cm³/mol. The molecule has 5 nitrogen and oxygen atoms in total. The van der Waals surface area contributed by atoms with E-state index in [-0.39, 0.29) is 10.5 Å². The van der Waals surface area contributed by atoms with Gasteiger partial charge in [-0.2, -0.15) is 0 Å². The highest BCUT2D eigenvalue weighted by Crippen LogP contribution is 2.36. The average Bonchev–Trinajstić information content (AvgIpc) is 2.98. The number of hydrogen-bond acceptors (Lipinski definition) is 4. The van der Waals surface area contributed by atoms with E-state index in [1.54, 1.807) is 18.2 Å². The summed E-state index contributed by atoms with van der Waals surface area (Å²) in [5.74, 6) is -1.21. The lowest BCUT2D eigenvalue weighted by Gasteiger charge is -2.15. The van der Waals surface area contributed by atoms with Crippen LogP contribution in [0.4, 0.5) is 0 Å². The van der Waals surface area contributed by atoms with E-state index in [9.17, 15) is 13.2 Å². The molecule has 20 heavy (non-hydrogen) atoms. The molecule has 1 fully saturated rings. The van der Waals surface area contributed by atoms with Crippen molar-refractivity contribution in [2.24, 2.45) is 0 Å².